The van der Waals surface area contributed by atoms with Crippen LogP contribution < -0.4 is 23.7 Å². The molecule has 20 nitrogen and oxygen atoms in total. The van der Waals surface area contributed by atoms with Crippen LogP contribution in [0.25, 0.3) is 0 Å². The molecule has 0 saturated carbocycles. The van der Waals surface area contributed by atoms with Gasteiger partial charge < -0.3 is 38.8 Å². The van der Waals surface area contributed by atoms with Gasteiger partial charge in [0.1, 0.15) is 17.6 Å². The van der Waals surface area contributed by atoms with Gasteiger partial charge >= 0.3 is 12.2 Å². The summed E-state index contributed by atoms with van der Waals surface area (Å²) in [6.07, 6.45) is 4.71. The first-order valence-corrected chi connectivity index (χ1v) is 47.9. The number of aromatic nitrogens is 5. The van der Waals surface area contributed by atoms with Crippen LogP contribution in [0.5, 0.6) is 11.5 Å². The molecule has 136 heavy (non-hydrogen) atoms. The highest BCUT2D eigenvalue weighted by Gasteiger charge is 2.55. The van der Waals surface area contributed by atoms with Gasteiger partial charge in [0.05, 0.1) is 53.8 Å². The number of hydrogen-bond acceptors (Lipinski definition) is 16. The number of piperidine rings is 4. The zero-order valence-electron chi connectivity index (χ0n) is 74.9. The van der Waals surface area contributed by atoms with Crippen molar-refractivity contribution in [3.8, 4) is 11.5 Å². The molecule has 0 aliphatic carbocycles. The number of nitrogens with zero attached hydrogens (tertiary/aromatic N) is 9. The summed E-state index contributed by atoms with van der Waals surface area (Å²) >= 11 is 24.7. The highest BCUT2D eigenvalue weighted by molar-refractivity contribution is 7.89. The fourth-order valence-corrected chi connectivity index (χ4v) is 22.0. The van der Waals surface area contributed by atoms with E-state index in [0.29, 0.717) is 50.0 Å². The van der Waals surface area contributed by atoms with Gasteiger partial charge in [-0.1, -0.05) is 180 Å². The van der Waals surface area contributed by atoms with Gasteiger partial charge in [0.25, 0.3) is 17.5 Å². The molecule has 5 aromatic heterocycles. The van der Waals surface area contributed by atoms with Gasteiger partial charge in [-0.2, -0.15) is 31.3 Å². The number of alkyl halides is 8. The highest BCUT2D eigenvalue weighted by atomic mass is 35.5. The monoisotopic (exact) mass is 1960 g/mol. The fraction of sp³-hybridized carbons (Fsp3) is 0.350. The van der Waals surface area contributed by atoms with Gasteiger partial charge in [-0.25, -0.2) is 26.0 Å². The molecule has 5 atom stereocenters. The minimum absolute atomic E-state index is 0.0129. The molecule has 712 valence electrons. The number of pyridine rings is 5. The van der Waals surface area contributed by atoms with E-state index in [0.717, 1.165) is 206 Å². The first kappa shape index (κ1) is 97.2. The lowest BCUT2D eigenvalue weighted by Gasteiger charge is -2.41. The summed E-state index contributed by atoms with van der Waals surface area (Å²) < 4.78 is 173. The molecule has 8 aliphatic heterocycles. The van der Waals surface area contributed by atoms with Gasteiger partial charge in [0.2, 0.25) is 27.6 Å². The summed E-state index contributed by atoms with van der Waals surface area (Å²) in [5.41, 5.74) is 11.3. The lowest BCUT2D eigenvalue weighted by molar-refractivity contribution is -0.911. The van der Waals surface area contributed by atoms with E-state index in [1.54, 1.807) is 72.9 Å². The van der Waals surface area contributed by atoms with E-state index in [9.17, 15) is 59.2 Å². The zero-order chi connectivity index (χ0) is 96.1. The Hall–Kier alpha value is -10.5. The number of halogens is 12. The van der Waals surface area contributed by atoms with Crippen molar-refractivity contribution in [2.45, 2.75) is 181 Å². The van der Waals surface area contributed by atoms with E-state index in [-0.39, 0.29) is 58.4 Å². The molecule has 5 unspecified atom stereocenters. The Morgan fingerprint density at radius 3 is 1.20 bits per heavy atom. The number of likely N-dealkylation sites (tertiary alicyclic amines) is 3. The molecule has 4 fully saturated rings. The van der Waals surface area contributed by atoms with Crippen molar-refractivity contribution in [2.24, 2.45) is 0 Å². The van der Waals surface area contributed by atoms with Crippen LogP contribution >= 0.6 is 46.4 Å². The number of fused-ring (bicyclic) bond motifs is 8. The minimum Gasteiger partial charge on any atom is -0.618 e. The molecule has 4 spiro atoms. The average molecular weight is 1970 g/mol. The largest absolute Gasteiger partial charge is 0.618 e. The third-order valence-electron chi connectivity index (χ3n) is 26.9. The van der Waals surface area contributed by atoms with E-state index in [2.05, 4.69) is 64.5 Å². The molecular formula is C103H100Cl4F8N9O11S+. The minimum atomic E-state index is -3.86. The number of hydrogen-bond donors (Lipinski definition) is 1. The standard InChI is InChI=1S/C26H26ClF2N3O2.C26H26ClF2N2O3.C26H25ClF2N2O2.C25H23ClF2N2O4S/c1-17(22-8-7-18(16-30-22)25(2,28)29)31-13-10-26(11-14-31)21-6-4-3-5-20(21)24(34-26)23-15-19(27)9-12-32(23)33;1-25(28,29)33-20-8-6-18(7-9-20)17-30-14-11-26(12-15-30)22-5-3-2-4-21(22)24(34-26)23-16-19(27)10-13-31(23)32;1-25(28,29)32-20-8-6-18(7-9-20)17-31-14-11-26(12-15-31)22-5-3-2-4-21(22)24(33-26)23-16-19(27)10-13-30-23;1-24(27,28)17-6-8-19(9-7-17)35(32,33)29-14-11-25(12-15-29)21-5-3-2-4-20(21)23(34-25)22-16-18(26)10-13-30(22)31/h3-9,12,15-17,24H,10-11,13-14H2,1-2H3;2-10,13,16,24,32H,11-12,14-15,17H2,1H3;2-10,13,16,24H,11-12,14-15,17H2,1H3;2-10,13,16,23H,11-12,14-15H2,1H3/q;+1;;. The maximum atomic E-state index is 13.5. The van der Waals surface area contributed by atoms with Gasteiger partial charge in [-0.3, -0.25) is 29.9 Å². The molecule has 12 aromatic rings. The van der Waals surface area contributed by atoms with Crippen LogP contribution in [0.2, 0.25) is 20.1 Å². The summed E-state index contributed by atoms with van der Waals surface area (Å²) in [7, 11) is -3.86. The van der Waals surface area contributed by atoms with Crippen LogP contribution in [-0.4, -0.2) is 107 Å². The molecule has 0 radical (unpaired) electrons. The predicted molar refractivity (Wildman–Crippen MR) is 495 cm³/mol. The fourth-order valence-electron chi connectivity index (χ4n) is 19.9. The van der Waals surface area contributed by atoms with Crippen LogP contribution in [-0.2, 0) is 76.3 Å². The Bertz CT molecular complexity index is 6400. The Morgan fingerprint density at radius 2 is 0.801 bits per heavy atom. The quantitative estimate of drug-likeness (QED) is 0.0367. The molecular weight excluding hydrogens is 1870 g/mol. The Balaban J connectivity index is 0.000000126. The van der Waals surface area contributed by atoms with E-state index in [4.69, 9.17) is 65.4 Å². The summed E-state index contributed by atoms with van der Waals surface area (Å²) in [5, 5.41) is 37.6. The number of ether oxygens (including phenoxy) is 6. The van der Waals surface area contributed by atoms with Crippen molar-refractivity contribution in [2.75, 3.05) is 52.4 Å². The van der Waals surface area contributed by atoms with Crippen molar-refractivity contribution in [1.29, 1.82) is 0 Å². The molecule has 33 heteroatoms. The molecule has 1 N–H and O–H groups in total. The Morgan fingerprint density at radius 1 is 0.441 bits per heavy atom. The van der Waals surface area contributed by atoms with E-state index >= 15 is 0 Å². The van der Waals surface area contributed by atoms with Gasteiger partial charge in [0, 0.05) is 169 Å². The van der Waals surface area contributed by atoms with Crippen LogP contribution in [0.1, 0.15) is 212 Å². The average Bonchev–Trinajstić information content (AvgIpc) is 1.59. The van der Waals surface area contributed by atoms with Gasteiger partial charge in [-0.05, 0) is 175 Å². The first-order chi connectivity index (χ1) is 64.7. The van der Waals surface area contributed by atoms with Crippen LogP contribution in [0, 0.1) is 10.4 Å². The number of rotatable bonds is 18. The van der Waals surface area contributed by atoms with E-state index in [1.165, 1.54) is 58.9 Å². The molecule has 8 aliphatic rings. The van der Waals surface area contributed by atoms with Crippen LogP contribution in [0.15, 0.2) is 266 Å². The normalized spacial score (nSPS) is 20.2. The molecule has 13 heterocycles. The third kappa shape index (κ3) is 21.1. The lowest BCUT2D eigenvalue weighted by atomic mass is 9.83. The summed E-state index contributed by atoms with van der Waals surface area (Å²) in [6.45, 7) is 11.9. The molecule has 0 amide bonds. The smallest absolute Gasteiger partial charge is 0.394 e. The maximum absolute atomic E-state index is 13.5. The molecule has 20 rings (SSSR count). The van der Waals surface area contributed by atoms with Crippen LogP contribution in [0.4, 0.5) is 35.1 Å². The van der Waals surface area contributed by atoms with Crippen molar-refractivity contribution >= 4 is 56.4 Å². The van der Waals surface area contributed by atoms with Crippen molar-refractivity contribution < 1.29 is 91.4 Å². The van der Waals surface area contributed by atoms with Crippen LogP contribution in [0.3, 0.4) is 0 Å². The second kappa shape index (κ2) is 39.1. The molecule has 4 saturated heterocycles. The summed E-state index contributed by atoms with van der Waals surface area (Å²) in [5.74, 6) is -5.63. The summed E-state index contributed by atoms with van der Waals surface area (Å²) in [6, 6.07) is 67.1. The van der Waals surface area contributed by atoms with Crippen molar-refractivity contribution in [1.82, 2.24) is 29.0 Å². The maximum Gasteiger partial charge on any atom is 0.394 e. The van der Waals surface area contributed by atoms with E-state index < -0.39 is 69.2 Å². The zero-order valence-corrected chi connectivity index (χ0v) is 78.8. The lowest BCUT2D eigenvalue weighted by Crippen LogP contribution is -2.45. The SMILES string of the molecule is CC(F)(F)Oc1ccc(CN2CCC3(CC2)OC(c2cc(Cl)cc[n+]2O)c2ccccc23)cc1.CC(F)(F)Oc1ccc(CN2CCC3(CC2)OC(c2cc(Cl)ccn2)c2ccccc23)cc1.CC(F)(F)c1ccc(S(=O)(=O)N2CCC3(CC2)OC(c2cc(Cl)cc[n+]2[O-])c2ccccc23)cc1.CC(c1ccc(C(C)(F)F)cn1)N1CCC2(CC1)OC(c1cc(Cl)cc[n+]1[O-])c1ccccc12. The highest BCUT2D eigenvalue weighted by Crippen LogP contribution is 2.57. The topological polar surface area (TPSA) is 206 Å². The number of sulfonamides is 1. The Kier molecular flexibility index (Phi) is 27.9. The second-order valence-electron chi connectivity index (χ2n) is 36.1. The first-order valence-electron chi connectivity index (χ1n) is 44.9. The Labute approximate surface area is 803 Å². The third-order valence-corrected chi connectivity index (χ3v) is 29.7. The summed E-state index contributed by atoms with van der Waals surface area (Å²) in [4.78, 5) is 15.8. The molecule has 7 aromatic carbocycles. The molecule has 0 bridgehead atoms. The van der Waals surface area contributed by atoms with Gasteiger partial charge in [0.15, 0.2) is 30.7 Å². The number of benzene rings is 7. The van der Waals surface area contributed by atoms with E-state index in [1.807, 2.05) is 104 Å². The predicted octanol–water partition coefficient (Wildman–Crippen LogP) is 22.3. The second-order valence-corrected chi connectivity index (χ2v) is 39.8. The van der Waals surface area contributed by atoms with Gasteiger partial charge in [-0.15, -0.1) is 0 Å². The van der Waals surface area contributed by atoms with Crippen molar-refractivity contribution in [3.05, 3.63) is 387 Å². The van der Waals surface area contributed by atoms with Crippen molar-refractivity contribution in [3.63, 3.8) is 0 Å².